The molecule has 152 valence electrons. The molecule has 0 radical (unpaired) electrons. The summed E-state index contributed by atoms with van der Waals surface area (Å²) < 4.78 is 21.4. The summed E-state index contributed by atoms with van der Waals surface area (Å²) in [4.78, 5) is 12.4. The predicted molar refractivity (Wildman–Crippen MR) is 113 cm³/mol. The zero-order valence-corrected chi connectivity index (χ0v) is 20.6. The summed E-state index contributed by atoms with van der Waals surface area (Å²) in [6, 6.07) is 8.23. The van der Waals surface area contributed by atoms with Crippen molar-refractivity contribution in [2.75, 3.05) is 7.11 Å². The number of aromatic nitrogens is 5. The van der Waals surface area contributed by atoms with Crippen LogP contribution in [0.1, 0.15) is 27.9 Å². The van der Waals surface area contributed by atoms with Gasteiger partial charge in [-0.2, -0.15) is 5.10 Å². The average molecular weight is 438 g/mol. The topological polar surface area (TPSA) is 68.6 Å². The van der Waals surface area contributed by atoms with Crippen LogP contribution in [0.4, 0.5) is 4.39 Å². The number of aromatic amines is 1. The molecular weight excluding hydrogens is 416 g/mol. The molecule has 0 saturated carbocycles. The van der Waals surface area contributed by atoms with Gasteiger partial charge >= 0.3 is 29.6 Å². The number of hydrogen-bond acceptors (Lipinski definition) is 4. The normalized spacial score (nSPS) is 11.6. The van der Waals surface area contributed by atoms with Crippen LogP contribution in [-0.4, -0.2) is 31.8 Å². The Morgan fingerprint density at radius 2 is 1.90 bits per heavy atom. The fraction of sp³-hybridized carbons (Fsp3) is 0.286. The van der Waals surface area contributed by atoms with Gasteiger partial charge in [-0.1, -0.05) is 44.5 Å². The first-order chi connectivity index (χ1) is 13.7. The van der Waals surface area contributed by atoms with Gasteiger partial charge in [0.05, 0.1) is 29.0 Å². The van der Waals surface area contributed by atoms with Crippen LogP contribution in [0.5, 0.6) is 5.88 Å². The Labute approximate surface area is 202 Å². The van der Waals surface area contributed by atoms with Crippen molar-refractivity contribution in [1.29, 1.82) is 0 Å². The molecule has 0 spiro atoms. The molecule has 3 heterocycles. The minimum absolute atomic E-state index is 0. The van der Waals surface area contributed by atoms with Crippen molar-refractivity contribution >= 4 is 22.6 Å². The molecule has 0 amide bonds. The molecule has 0 aliphatic heterocycles. The van der Waals surface area contributed by atoms with Crippen LogP contribution in [-0.2, 0) is 12.5 Å². The summed E-state index contributed by atoms with van der Waals surface area (Å²) in [6.07, 6.45) is 0. The number of hydrogen-bond donors (Lipinski definition) is 1. The van der Waals surface area contributed by atoms with Crippen molar-refractivity contribution in [2.45, 2.75) is 26.2 Å². The molecule has 1 N–H and O–H groups in total. The number of benzene rings is 1. The zero-order chi connectivity index (χ0) is 20.9. The Balaban J connectivity index is 0.00000171. The van der Waals surface area contributed by atoms with E-state index in [9.17, 15) is 4.39 Å². The number of nitrogens with zero attached hydrogens (tertiary/aromatic N) is 4. The van der Waals surface area contributed by atoms with E-state index in [0.717, 1.165) is 5.69 Å². The first-order valence-electron chi connectivity index (χ1n) is 9.13. The Bertz CT molecular complexity index is 1230. The van der Waals surface area contributed by atoms with Gasteiger partial charge in [-0.25, -0.2) is 14.4 Å². The second-order valence-corrected chi connectivity index (χ2v) is 8.24. The smallest absolute Gasteiger partial charge is 1.00 e. The quantitative estimate of drug-likeness (QED) is 0.499. The maximum atomic E-state index is 14.3. The first-order valence-corrected chi connectivity index (χ1v) is 9.51. The van der Waals surface area contributed by atoms with E-state index in [2.05, 4.69) is 40.8 Å². The third-order valence-corrected chi connectivity index (χ3v) is 5.06. The molecule has 0 aliphatic carbocycles. The fourth-order valence-corrected chi connectivity index (χ4v) is 3.81. The summed E-state index contributed by atoms with van der Waals surface area (Å²) in [5.41, 5.74) is 3.29. The number of nitrogens with one attached hydrogen (secondary N) is 1. The molecule has 0 saturated heterocycles. The zero-order valence-electron chi connectivity index (χ0n) is 18.8. The summed E-state index contributed by atoms with van der Waals surface area (Å²) in [6.45, 7) is 6.16. The van der Waals surface area contributed by atoms with Crippen LogP contribution in [0.3, 0.4) is 0 Å². The van der Waals surface area contributed by atoms with E-state index in [1.54, 1.807) is 28.9 Å². The molecule has 0 aliphatic rings. The summed E-state index contributed by atoms with van der Waals surface area (Å²) >= 11 is 6.66. The van der Waals surface area contributed by atoms with Crippen LogP contribution >= 0.6 is 11.6 Å². The number of ether oxygens (including phenoxy) is 1. The van der Waals surface area contributed by atoms with E-state index < -0.39 is 0 Å². The van der Waals surface area contributed by atoms with Gasteiger partial charge < -0.3 is 11.1 Å². The average Bonchev–Trinajstić information content (AvgIpc) is 3.21. The molecule has 0 fully saturated rings. The predicted octanol–water partition coefficient (Wildman–Crippen LogP) is 2.24. The first kappa shape index (κ1) is 22.7. The fourth-order valence-electron chi connectivity index (χ4n) is 3.28. The van der Waals surface area contributed by atoms with Gasteiger partial charge in [-0.15, -0.1) is 0 Å². The van der Waals surface area contributed by atoms with Gasteiger partial charge in [0.15, 0.2) is 11.3 Å². The number of halogens is 2. The van der Waals surface area contributed by atoms with Crippen molar-refractivity contribution in [3.63, 3.8) is 0 Å². The summed E-state index contributed by atoms with van der Waals surface area (Å²) in [7, 11) is 3.33. The van der Waals surface area contributed by atoms with Crippen LogP contribution < -0.4 is 34.3 Å². The van der Waals surface area contributed by atoms with E-state index in [1.807, 2.05) is 7.05 Å². The van der Waals surface area contributed by atoms with E-state index in [0.29, 0.717) is 44.7 Å². The Kier molecular flexibility index (Phi) is 6.30. The molecule has 3 aromatic heterocycles. The van der Waals surface area contributed by atoms with Crippen LogP contribution in [0, 0.1) is 5.82 Å². The number of rotatable bonds is 3. The van der Waals surface area contributed by atoms with Gasteiger partial charge in [0, 0.05) is 18.0 Å². The molecule has 6 nitrogen and oxygen atoms in total. The number of fused-ring (bicyclic) bond motifs is 1. The largest absolute Gasteiger partial charge is 1.00 e. The second kappa shape index (κ2) is 8.30. The van der Waals surface area contributed by atoms with Gasteiger partial charge in [-0.05, 0) is 18.2 Å². The van der Waals surface area contributed by atoms with E-state index in [4.69, 9.17) is 16.3 Å². The van der Waals surface area contributed by atoms with Crippen molar-refractivity contribution in [1.82, 2.24) is 24.7 Å². The molecule has 4 rings (SSSR count). The summed E-state index contributed by atoms with van der Waals surface area (Å²) in [5.74, 6) is 0.490. The SMILES string of the molecule is COc1nc(-c2ccccc2F)cc2[nH]c(-c3c(Cl)c(C(C)(C)C)nn3C)nc12.[H-].[Na+]. The third kappa shape index (κ3) is 3.87. The Morgan fingerprint density at radius 1 is 1.20 bits per heavy atom. The van der Waals surface area contributed by atoms with E-state index in [1.165, 1.54) is 13.2 Å². The molecule has 9 heteroatoms. The number of imidazole rings is 1. The third-order valence-electron chi connectivity index (χ3n) is 4.70. The van der Waals surface area contributed by atoms with Gasteiger partial charge in [0.2, 0.25) is 5.88 Å². The maximum Gasteiger partial charge on any atom is 1.00 e. The van der Waals surface area contributed by atoms with Crippen molar-refractivity contribution in [3.05, 3.63) is 46.9 Å². The van der Waals surface area contributed by atoms with Gasteiger partial charge in [-0.3, -0.25) is 4.68 Å². The van der Waals surface area contributed by atoms with Gasteiger partial charge in [0.25, 0.3) is 0 Å². The monoisotopic (exact) mass is 437 g/mol. The number of H-pyrrole nitrogens is 1. The minimum atomic E-state index is -0.356. The van der Waals surface area contributed by atoms with E-state index in [-0.39, 0.29) is 42.2 Å². The molecule has 0 bridgehead atoms. The second-order valence-electron chi connectivity index (χ2n) is 7.86. The Hall–Kier alpha value is -1.93. The molecular formula is C21H22ClFN5NaO. The van der Waals surface area contributed by atoms with Gasteiger partial charge in [0.1, 0.15) is 11.5 Å². The standard InChI is InChI=1S/C21H21ClFN5O.Na.H/c1-21(2,3)18-15(22)17(28(4)27-18)19-24-14-10-13(11-8-6-7-9-12(11)23)25-20(29-5)16(14)26-19;;/h6-10H,1-5H3,(H,24,26);;/q;+1;-1. The van der Waals surface area contributed by atoms with E-state index >= 15 is 0 Å². The summed E-state index contributed by atoms with van der Waals surface area (Å²) in [5, 5.41) is 5.12. The van der Waals surface area contributed by atoms with Crippen LogP contribution in [0.25, 0.3) is 33.8 Å². The molecule has 0 unspecified atom stereocenters. The number of methoxy groups -OCH3 is 1. The maximum absolute atomic E-state index is 14.3. The molecule has 4 aromatic rings. The molecule has 0 atom stereocenters. The number of pyridine rings is 1. The number of aryl methyl sites for hydroxylation is 1. The van der Waals surface area contributed by atoms with Crippen molar-refractivity contribution < 1.29 is 40.1 Å². The van der Waals surface area contributed by atoms with Crippen LogP contribution in [0.2, 0.25) is 5.02 Å². The minimum Gasteiger partial charge on any atom is -1.00 e. The van der Waals surface area contributed by atoms with Crippen LogP contribution in [0.15, 0.2) is 30.3 Å². The van der Waals surface area contributed by atoms with Crippen molar-refractivity contribution in [2.24, 2.45) is 7.05 Å². The van der Waals surface area contributed by atoms with Crippen molar-refractivity contribution in [3.8, 4) is 28.7 Å². The Morgan fingerprint density at radius 3 is 2.50 bits per heavy atom. The molecule has 1 aromatic carbocycles. The molecule has 30 heavy (non-hydrogen) atoms.